The predicted octanol–water partition coefficient (Wildman–Crippen LogP) is 2.41. The number of benzene rings is 1. The summed E-state index contributed by atoms with van der Waals surface area (Å²) in [7, 11) is 1.57. The van der Waals surface area contributed by atoms with Crippen LogP contribution in [-0.2, 0) is 11.2 Å². The Morgan fingerprint density at radius 2 is 2.21 bits per heavy atom. The maximum atomic E-state index is 12.6. The number of aromatic nitrogens is 1. The molecule has 1 aromatic heterocycles. The molecule has 1 amide bonds. The van der Waals surface area contributed by atoms with Crippen LogP contribution >= 0.6 is 0 Å². The van der Waals surface area contributed by atoms with E-state index in [1.54, 1.807) is 13.2 Å². The molecule has 1 heterocycles. The van der Waals surface area contributed by atoms with Crippen LogP contribution in [0.4, 0.5) is 10.1 Å². The SMILES string of the molecule is COc1cccc(CC(=O)Nc2ccc(F)nc2)c1. The summed E-state index contributed by atoms with van der Waals surface area (Å²) in [5.41, 5.74) is 1.31. The topological polar surface area (TPSA) is 51.2 Å². The second-order valence-electron chi connectivity index (χ2n) is 3.95. The van der Waals surface area contributed by atoms with Crippen LogP contribution in [0, 0.1) is 5.95 Å². The normalized spacial score (nSPS) is 10.0. The zero-order chi connectivity index (χ0) is 13.7. The zero-order valence-corrected chi connectivity index (χ0v) is 10.4. The van der Waals surface area contributed by atoms with Crippen molar-refractivity contribution in [1.29, 1.82) is 0 Å². The molecule has 0 unspecified atom stereocenters. The van der Waals surface area contributed by atoms with Crippen molar-refractivity contribution in [1.82, 2.24) is 4.98 Å². The monoisotopic (exact) mass is 260 g/mol. The summed E-state index contributed by atoms with van der Waals surface area (Å²) in [4.78, 5) is 15.3. The molecule has 0 aliphatic carbocycles. The number of nitrogens with zero attached hydrogens (tertiary/aromatic N) is 1. The van der Waals surface area contributed by atoms with Gasteiger partial charge < -0.3 is 10.1 Å². The average molecular weight is 260 g/mol. The molecule has 1 N–H and O–H groups in total. The summed E-state index contributed by atoms with van der Waals surface area (Å²) in [6.45, 7) is 0. The minimum absolute atomic E-state index is 0.193. The summed E-state index contributed by atoms with van der Waals surface area (Å²) in [5, 5.41) is 2.65. The molecule has 0 spiro atoms. The van der Waals surface area contributed by atoms with Crippen molar-refractivity contribution in [3.8, 4) is 5.75 Å². The van der Waals surface area contributed by atoms with Gasteiger partial charge in [-0.15, -0.1) is 0 Å². The molecule has 0 aliphatic heterocycles. The van der Waals surface area contributed by atoms with Crippen molar-refractivity contribution in [2.24, 2.45) is 0 Å². The number of pyridine rings is 1. The summed E-state index contributed by atoms with van der Waals surface area (Å²) >= 11 is 0. The van der Waals surface area contributed by atoms with Crippen LogP contribution in [0.25, 0.3) is 0 Å². The highest BCUT2D eigenvalue weighted by atomic mass is 19.1. The number of methoxy groups -OCH3 is 1. The first kappa shape index (κ1) is 13.0. The first-order valence-electron chi connectivity index (χ1n) is 5.72. The van der Waals surface area contributed by atoms with E-state index in [2.05, 4.69) is 10.3 Å². The lowest BCUT2D eigenvalue weighted by molar-refractivity contribution is -0.115. The van der Waals surface area contributed by atoms with E-state index >= 15 is 0 Å². The van der Waals surface area contributed by atoms with E-state index in [0.717, 1.165) is 5.56 Å². The van der Waals surface area contributed by atoms with Gasteiger partial charge in [0.2, 0.25) is 11.9 Å². The maximum absolute atomic E-state index is 12.6. The number of hydrogen-bond donors (Lipinski definition) is 1. The van der Waals surface area contributed by atoms with Gasteiger partial charge in [0.05, 0.1) is 25.4 Å². The molecular formula is C14H13FN2O2. The molecule has 2 aromatic rings. The molecule has 98 valence electrons. The number of amides is 1. The second-order valence-corrected chi connectivity index (χ2v) is 3.95. The van der Waals surface area contributed by atoms with Gasteiger partial charge in [0, 0.05) is 0 Å². The van der Waals surface area contributed by atoms with Crippen LogP contribution in [-0.4, -0.2) is 18.0 Å². The highest BCUT2D eigenvalue weighted by Gasteiger charge is 2.05. The molecule has 0 radical (unpaired) electrons. The van der Waals surface area contributed by atoms with Gasteiger partial charge in [0.25, 0.3) is 0 Å². The average Bonchev–Trinajstić information content (AvgIpc) is 2.41. The van der Waals surface area contributed by atoms with Crippen LogP contribution in [0.5, 0.6) is 5.75 Å². The van der Waals surface area contributed by atoms with Gasteiger partial charge in [-0.25, -0.2) is 4.98 Å². The molecule has 4 nitrogen and oxygen atoms in total. The Kier molecular flexibility index (Phi) is 4.07. The molecule has 0 saturated carbocycles. The first-order chi connectivity index (χ1) is 9.17. The number of carbonyl (C=O) groups excluding carboxylic acids is 1. The summed E-state index contributed by atoms with van der Waals surface area (Å²) in [6, 6.07) is 9.92. The van der Waals surface area contributed by atoms with Crippen molar-refractivity contribution in [3.05, 3.63) is 54.1 Å². The van der Waals surface area contributed by atoms with E-state index in [1.807, 2.05) is 18.2 Å². The number of anilines is 1. The molecule has 0 saturated heterocycles. The van der Waals surface area contributed by atoms with Gasteiger partial charge in [-0.05, 0) is 29.8 Å². The fourth-order valence-electron chi connectivity index (χ4n) is 1.62. The van der Waals surface area contributed by atoms with E-state index in [9.17, 15) is 9.18 Å². The first-order valence-corrected chi connectivity index (χ1v) is 5.72. The Morgan fingerprint density at radius 1 is 1.37 bits per heavy atom. The minimum Gasteiger partial charge on any atom is -0.497 e. The third-order valence-electron chi connectivity index (χ3n) is 2.51. The number of nitrogens with one attached hydrogen (secondary N) is 1. The van der Waals surface area contributed by atoms with E-state index in [1.165, 1.54) is 18.3 Å². The third-order valence-corrected chi connectivity index (χ3v) is 2.51. The van der Waals surface area contributed by atoms with Gasteiger partial charge in [0.1, 0.15) is 5.75 Å². The van der Waals surface area contributed by atoms with Crippen molar-refractivity contribution < 1.29 is 13.9 Å². The van der Waals surface area contributed by atoms with Crippen molar-refractivity contribution in [2.75, 3.05) is 12.4 Å². The molecule has 2 rings (SSSR count). The predicted molar refractivity (Wildman–Crippen MR) is 69.5 cm³/mol. The molecule has 0 fully saturated rings. The van der Waals surface area contributed by atoms with Gasteiger partial charge in [-0.3, -0.25) is 4.79 Å². The smallest absolute Gasteiger partial charge is 0.228 e. The van der Waals surface area contributed by atoms with Gasteiger partial charge in [-0.2, -0.15) is 4.39 Å². The zero-order valence-electron chi connectivity index (χ0n) is 10.4. The molecule has 0 bridgehead atoms. The summed E-state index contributed by atoms with van der Waals surface area (Å²) < 4.78 is 17.7. The highest BCUT2D eigenvalue weighted by Crippen LogP contribution is 2.13. The molecule has 5 heteroatoms. The lowest BCUT2D eigenvalue weighted by Crippen LogP contribution is -2.14. The standard InChI is InChI=1S/C14H13FN2O2/c1-19-12-4-2-3-10(7-12)8-14(18)17-11-5-6-13(15)16-9-11/h2-7,9H,8H2,1H3,(H,17,18). The van der Waals surface area contributed by atoms with E-state index < -0.39 is 5.95 Å². The van der Waals surface area contributed by atoms with Crippen LogP contribution in [0.3, 0.4) is 0 Å². The van der Waals surface area contributed by atoms with Crippen molar-refractivity contribution in [2.45, 2.75) is 6.42 Å². The van der Waals surface area contributed by atoms with Gasteiger partial charge >= 0.3 is 0 Å². The van der Waals surface area contributed by atoms with E-state index in [0.29, 0.717) is 11.4 Å². The largest absolute Gasteiger partial charge is 0.497 e. The fraction of sp³-hybridized carbons (Fsp3) is 0.143. The van der Waals surface area contributed by atoms with Crippen molar-refractivity contribution >= 4 is 11.6 Å². The molecular weight excluding hydrogens is 247 g/mol. The number of hydrogen-bond acceptors (Lipinski definition) is 3. The number of ether oxygens (including phenoxy) is 1. The molecule has 0 atom stereocenters. The fourth-order valence-corrected chi connectivity index (χ4v) is 1.62. The number of rotatable bonds is 4. The lowest BCUT2D eigenvalue weighted by Gasteiger charge is -2.06. The lowest BCUT2D eigenvalue weighted by atomic mass is 10.1. The summed E-state index contributed by atoms with van der Waals surface area (Å²) in [6.07, 6.45) is 1.49. The van der Waals surface area contributed by atoms with Crippen LogP contribution in [0.1, 0.15) is 5.56 Å². The highest BCUT2D eigenvalue weighted by molar-refractivity contribution is 5.92. The quantitative estimate of drug-likeness (QED) is 0.859. The maximum Gasteiger partial charge on any atom is 0.228 e. The molecule has 0 aliphatic rings. The Hall–Kier alpha value is -2.43. The van der Waals surface area contributed by atoms with Crippen molar-refractivity contribution in [3.63, 3.8) is 0 Å². The molecule has 19 heavy (non-hydrogen) atoms. The Morgan fingerprint density at radius 3 is 2.89 bits per heavy atom. The van der Waals surface area contributed by atoms with Crippen LogP contribution in [0.15, 0.2) is 42.6 Å². The third kappa shape index (κ3) is 3.77. The van der Waals surface area contributed by atoms with E-state index in [-0.39, 0.29) is 12.3 Å². The van der Waals surface area contributed by atoms with Crippen LogP contribution in [0.2, 0.25) is 0 Å². The second kappa shape index (κ2) is 5.95. The van der Waals surface area contributed by atoms with E-state index in [4.69, 9.17) is 4.74 Å². The van der Waals surface area contributed by atoms with Crippen LogP contribution < -0.4 is 10.1 Å². The Bertz CT molecular complexity index is 570. The van der Waals surface area contributed by atoms with Gasteiger partial charge in [0.15, 0.2) is 0 Å². The number of halogens is 1. The Balaban J connectivity index is 1.99. The minimum atomic E-state index is -0.578. The number of carbonyl (C=O) groups is 1. The summed E-state index contributed by atoms with van der Waals surface area (Å²) in [5.74, 6) is -0.0683. The van der Waals surface area contributed by atoms with Gasteiger partial charge in [-0.1, -0.05) is 12.1 Å². The Labute approximate surface area is 110 Å². The molecule has 1 aromatic carbocycles.